The van der Waals surface area contributed by atoms with Crippen LogP contribution in [0.3, 0.4) is 0 Å². The van der Waals surface area contributed by atoms with E-state index < -0.39 is 0 Å². The number of hydrogen-bond acceptors (Lipinski definition) is 4. The third-order valence-electron chi connectivity index (χ3n) is 5.22. The Morgan fingerprint density at radius 1 is 1.03 bits per heavy atom. The third kappa shape index (κ3) is 4.21. The largest absolute Gasteiger partial charge is 0.508 e. The molecule has 5 heteroatoms. The summed E-state index contributed by atoms with van der Waals surface area (Å²) in [5.74, 6) is 1.06. The SMILES string of the molecule is COc1ccc(Br)cc1[C@@H]1N=C(c2ccc(C)cc2)C[C@H](c2ccccc2O)N1. The summed E-state index contributed by atoms with van der Waals surface area (Å²) in [6, 6.07) is 21.7. The average molecular weight is 451 g/mol. The van der Waals surface area contributed by atoms with Crippen LogP contribution in [0.1, 0.15) is 40.9 Å². The van der Waals surface area contributed by atoms with Gasteiger partial charge in [-0.05, 0) is 36.8 Å². The lowest BCUT2D eigenvalue weighted by molar-refractivity contribution is 0.381. The van der Waals surface area contributed by atoms with Gasteiger partial charge in [0.2, 0.25) is 0 Å². The van der Waals surface area contributed by atoms with Gasteiger partial charge < -0.3 is 9.84 Å². The van der Waals surface area contributed by atoms with E-state index in [1.54, 1.807) is 13.2 Å². The number of nitrogens with zero attached hydrogens (tertiary/aromatic N) is 1. The first-order valence-corrected chi connectivity index (χ1v) is 10.4. The molecule has 0 aliphatic carbocycles. The summed E-state index contributed by atoms with van der Waals surface area (Å²) in [6.07, 6.45) is 0.394. The summed E-state index contributed by atoms with van der Waals surface area (Å²) in [7, 11) is 1.67. The van der Waals surface area contributed by atoms with E-state index in [2.05, 4.69) is 52.4 Å². The Kier molecular flexibility index (Phi) is 5.69. The molecule has 0 saturated carbocycles. The van der Waals surface area contributed by atoms with Crippen molar-refractivity contribution in [3.8, 4) is 11.5 Å². The molecule has 0 radical (unpaired) electrons. The Labute approximate surface area is 179 Å². The first kappa shape index (κ1) is 19.7. The van der Waals surface area contributed by atoms with Crippen molar-refractivity contribution >= 4 is 21.6 Å². The van der Waals surface area contributed by atoms with Crippen molar-refractivity contribution in [2.24, 2.45) is 4.99 Å². The van der Waals surface area contributed by atoms with Crippen LogP contribution in [0.4, 0.5) is 0 Å². The van der Waals surface area contributed by atoms with Crippen molar-refractivity contribution in [3.05, 3.63) is 93.5 Å². The fraction of sp³-hybridized carbons (Fsp3) is 0.208. The molecule has 0 amide bonds. The first-order valence-electron chi connectivity index (χ1n) is 9.56. The van der Waals surface area contributed by atoms with E-state index in [4.69, 9.17) is 9.73 Å². The molecule has 2 atom stereocenters. The summed E-state index contributed by atoms with van der Waals surface area (Å²) in [5, 5.41) is 14.0. The summed E-state index contributed by atoms with van der Waals surface area (Å²) >= 11 is 3.56. The highest BCUT2D eigenvalue weighted by atomic mass is 79.9. The minimum Gasteiger partial charge on any atom is -0.508 e. The number of methoxy groups -OCH3 is 1. The summed E-state index contributed by atoms with van der Waals surface area (Å²) in [6.45, 7) is 2.08. The van der Waals surface area contributed by atoms with Crippen molar-refractivity contribution in [2.75, 3.05) is 7.11 Å². The van der Waals surface area contributed by atoms with Crippen LogP contribution >= 0.6 is 15.9 Å². The van der Waals surface area contributed by atoms with Gasteiger partial charge in [-0.3, -0.25) is 10.3 Å². The van der Waals surface area contributed by atoms with Gasteiger partial charge in [-0.15, -0.1) is 0 Å². The van der Waals surface area contributed by atoms with E-state index >= 15 is 0 Å². The minimum absolute atomic E-state index is 0.0707. The van der Waals surface area contributed by atoms with Gasteiger partial charge in [-0.1, -0.05) is 64.0 Å². The number of ether oxygens (including phenoxy) is 1. The van der Waals surface area contributed by atoms with Crippen molar-refractivity contribution in [1.82, 2.24) is 5.32 Å². The quantitative estimate of drug-likeness (QED) is 0.536. The van der Waals surface area contributed by atoms with Gasteiger partial charge in [0, 0.05) is 33.8 Å². The minimum atomic E-state index is -0.294. The molecule has 0 spiro atoms. The topological polar surface area (TPSA) is 53.9 Å². The number of aliphatic imine (C=N–C) groups is 1. The Bertz CT molecular complexity index is 1050. The molecule has 0 bridgehead atoms. The predicted molar refractivity (Wildman–Crippen MR) is 120 cm³/mol. The number of aromatic hydroxyl groups is 1. The molecule has 4 nitrogen and oxygen atoms in total. The number of hydrogen-bond donors (Lipinski definition) is 2. The third-order valence-corrected chi connectivity index (χ3v) is 5.72. The number of phenolic OH excluding ortho intramolecular Hbond substituents is 1. The average Bonchev–Trinajstić information content (AvgIpc) is 2.74. The van der Waals surface area contributed by atoms with Crippen LogP contribution < -0.4 is 10.1 Å². The van der Waals surface area contributed by atoms with E-state index in [0.717, 1.165) is 32.6 Å². The summed E-state index contributed by atoms with van der Waals surface area (Å²) in [5.41, 5.74) is 5.13. The van der Waals surface area contributed by atoms with Crippen molar-refractivity contribution in [2.45, 2.75) is 25.6 Å². The first-order chi connectivity index (χ1) is 14.0. The maximum Gasteiger partial charge on any atom is 0.130 e. The van der Waals surface area contributed by atoms with Crippen LogP contribution in [-0.2, 0) is 0 Å². The molecule has 1 aliphatic rings. The van der Waals surface area contributed by atoms with Gasteiger partial charge in [-0.2, -0.15) is 0 Å². The van der Waals surface area contributed by atoms with Gasteiger partial charge in [-0.25, -0.2) is 0 Å². The lowest BCUT2D eigenvalue weighted by Gasteiger charge is -2.31. The van der Waals surface area contributed by atoms with E-state index in [0.29, 0.717) is 6.42 Å². The number of aryl methyl sites for hydroxylation is 1. The molecule has 148 valence electrons. The second kappa shape index (κ2) is 8.39. The standard InChI is InChI=1S/C24H23BrN2O2/c1-15-7-9-16(10-8-15)20-14-21(18-5-3-4-6-22(18)28)27-24(26-20)19-13-17(25)11-12-23(19)29-2/h3-13,21,24,27-28H,14H2,1-2H3/t21-,24-/m1/s1. The van der Waals surface area contributed by atoms with Gasteiger partial charge in [0.15, 0.2) is 0 Å². The zero-order valence-electron chi connectivity index (χ0n) is 16.4. The van der Waals surface area contributed by atoms with Crippen molar-refractivity contribution in [1.29, 1.82) is 0 Å². The van der Waals surface area contributed by atoms with Gasteiger partial charge >= 0.3 is 0 Å². The van der Waals surface area contributed by atoms with Gasteiger partial charge in [0.05, 0.1) is 7.11 Å². The molecule has 3 aromatic carbocycles. The normalized spacial score (nSPS) is 18.9. The smallest absolute Gasteiger partial charge is 0.130 e. The maximum absolute atomic E-state index is 10.4. The van der Waals surface area contributed by atoms with E-state index in [-0.39, 0.29) is 18.0 Å². The second-order valence-corrected chi connectivity index (χ2v) is 8.13. The fourth-order valence-electron chi connectivity index (χ4n) is 3.69. The highest BCUT2D eigenvalue weighted by Crippen LogP contribution is 2.37. The van der Waals surface area contributed by atoms with Gasteiger partial charge in [0.25, 0.3) is 0 Å². The molecule has 0 saturated heterocycles. The maximum atomic E-state index is 10.4. The van der Waals surface area contributed by atoms with E-state index in [9.17, 15) is 5.11 Å². The fourth-order valence-corrected chi connectivity index (χ4v) is 4.07. The molecule has 0 fully saturated rings. The van der Waals surface area contributed by atoms with Crippen molar-refractivity contribution < 1.29 is 9.84 Å². The lowest BCUT2D eigenvalue weighted by atomic mass is 9.93. The van der Waals surface area contributed by atoms with Crippen LogP contribution in [0.15, 0.2) is 76.2 Å². The molecule has 1 heterocycles. The molecule has 0 unspecified atom stereocenters. The number of para-hydroxylation sites is 1. The summed E-state index contributed by atoms with van der Waals surface area (Å²) in [4.78, 5) is 5.03. The number of benzene rings is 3. The lowest BCUT2D eigenvalue weighted by Crippen LogP contribution is -2.33. The monoisotopic (exact) mass is 450 g/mol. The van der Waals surface area contributed by atoms with Crippen LogP contribution in [0.5, 0.6) is 11.5 Å². The molecule has 1 aliphatic heterocycles. The molecule has 2 N–H and O–H groups in total. The zero-order chi connectivity index (χ0) is 20.4. The van der Waals surface area contributed by atoms with E-state index in [1.165, 1.54) is 5.56 Å². The molecule has 3 aromatic rings. The molecular formula is C24H23BrN2O2. The van der Waals surface area contributed by atoms with Crippen LogP contribution in [0, 0.1) is 6.92 Å². The van der Waals surface area contributed by atoms with Gasteiger partial charge in [0.1, 0.15) is 17.7 Å². The van der Waals surface area contributed by atoms with Crippen LogP contribution in [-0.4, -0.2) is 17.9 Å². The molecule has 0 aromatic heterocycles. The highest BCUT2D eigenvalue weighted by molar-refractivity contribution is 9.10. The number of nitrogens with one attached hydrogen (secondary N) is 1. The summed E-state index contributed by atoms with van der Waals surface area (Å²) < 4.78 is 6.56. The highest BCUT2D eigenvalue weighted by Gasteiger charge is 2.29. The Morgan fingerprint density at radius 3 is 2.52 bits per heavy atom. The Morgan fingerprint density at radius 2 is 1.79 bits per heavy atom. The number of rotatable bonds is 4. The van der Waals surface area contributed by atoms with E-state index in [1.807, 2.05) is 36.4 Å². The van der Waals surface area contributed by atoms with Crippen LogP contribution in [0.25, 0.3) is 0 Å². The predicted octanol–water partition coefficient (Wildman–Crippen LogP) is 5.69. The molecular weight excluding hydrogens is 428 g/mol. The molecule has 29 heavy (non-hydrogen) atoms. The van der Waals surface area contributed by atoms with Crippen molar-refractivity contribution in [3.63, 3.8) is 0 Å². The van der Waals surface area contributed by atoms with Crippen LogP contribution in [0.2, 0.25) is 0 Å². The zero-order valence-corrected chi connectivity index (χ0v) is 18.0. The Balaban J connectivity index is 1.80. The number of phenols is 1. The molecule has 4 rings (SSSR count). The second-order valence-electron chi connectivity index (χ2n) is 7.21. The number of halogens is 1. The Hall–Kier alpha value is -2.63.